The lowest BCUT2D eigenvalue weighted by molar-refractivity contribution is -0.137. The number of likely N-dealkylation sites (tertiary alicyclic amines) is 1. The molecule has 1 aromatic heterocycles. The zero-order valence-corrected chi connectivity index (χ0v) is 14.9. The van der Waals surface area contributed by atoms with Gasteiger partial charge in [-0.15, -0.1) is 0 Å². The van der Waals surface area contributed by atoms with Crippen LogP contribution in [-0.4, -0.2) is 40.0 Å². The molecule has 5 nitrogen and oxygen atoms in total. The van der Waals surface area contributed by atoms with E-state index in [4.69, 9.17) is 4.74 Å². The van der Waals surface area contributed by atoms with Crippen LogP contribution in [0.1, 0.15) is 29.8 Å². The molecule has 2 heterocycles. The first-order chi connectivity index (χ1) is 12.8. The Labute approximate surface area is 155 Å². The molecular weight excluding hydrogens is 359 g/mol. The van der Waals surface area contributed by atoms with Crippen LogP contribution in [0.4, 0.5) is 13.2 Å². The van der Waals surface area contributed by atoms with Crippen LogP contribution >= 0.6 is 0 Å². The lowest BCUT2D eigenvalue weighted by Crippen LogP contribution is -2.45. The van der Waals surface area contributed by atoms with Gasteiger partial charge in [0.1, 0.15) is 11.9 Å². The molecule has 0 spiro atoms. The highest BCUT2D eigenvalue weighted by Gasteiger charge is 2.30. The highest BCUT2D eigenvalue weighted by molar-refractivity contribution is 5.79. The number of benzene rings is 1. The van der Waals surface area contributed by atoms with E-state index >= 15 is 0 Å². The molecule has 1 aliphatic rings. The van der Waals surface area contributed by atoms with E-state index in [9.17, 15) is 18.0 Å². The monoisotopic (exact) mass is 379 g/mol. The predicted octanol–water partition coefficient (Wildman–Crippen LogP) is 3.42. The molecule has 144 valence electrons. The summed E-state index contributed by atoms with van der Waals surface area (Å²) in [5.41, 5.74) is -0.159. The van der Waals surface area contributed by atoms with Crippen molar-refractivity contribution in [3.05, 3.63) is 53.5 Å². The van der Waals surface area contributed by atoms with E-state index in [-0.39, 0.29) is 18.4 Å². The number of nitrogens with zero attached hydrogens (tertiary/aromatic N) is 3. The van der Waals surface area contributed by atoms with Gasteiger partial charge in [-0.05, 0) is 37.5 Å². The Morgan fingerprint density at radius 2 is 2.00 bits per heavy atom. The first-order valence-corrected chi connectivity index (χ1v) is 8.71. The summed E-state index contributed by atoms with van der Waals surface area (Å²) in [6.45, 7) is 2.82. The number of hydrogen-bond donors (Lipinski definition) is 0. The smallest absolute Gasteiger partial charge is 0.416 e. The molecule has 0 saturated carbocycles. The Hall–Kier alpha value is -2.64. The SMILES string of the molecule is Cc1nccc(OC2CCCN(C(=O)Cc3ccc(C(F)(F)F)cc3)C2)n1. The minimum atomic E-state index is -4.38. The second kappa shape index (κ2) is 7.94. The molecule has 0 aliphatic carbocycles. The molecular formula is C19H20F3N3O2. The van der Waals surface area contributed by atoms with Crippen molar-refractivity contribution in [2.75, 3.05) is 13.1 Å². The molecule has 1 amide bonds. The third-order valence-electron chi connectivity index (χ3n) is 4.41. The van der Waals surface area contributed by atoms with Crippen LogP contribution in [0.15, 0.2) is 36.5 Å². The van der Waals surface area contributed by atoms with Crippen molar-refractivity contribution >= 4 is 5.91 Å². The molecule has 1 fully saturated rings. The second-order valence-corrected chi connectivity index (χ2v) is 6.54. The molecule has 1 aromatic carbocycles. The molecule has 0 bridgehead atoms. The second-order valence-electron chi connectivity index (χ2n) is 6.54. The molecule has 0 radical (unpaired) electrons. The van der Waals surface area contributed by atoms with Gasteiger partial charge in [0, 0.05) is 18.8 Å². The van der Waals surface area contributed by atoms with Gasteiger partial charge in [0.05, 0.1) is 18.5 Å². The zero-order valence-electron chi connectivity index (χ0n) is 14.9. The van der Waals surface area contributed by atoms with Crippen molar-refractivity contribution in [1.29, 1.82) is 0 Å². The number of rotatable bonds is 4. The van der Waals surface area contributed by atoms with Crippen molar-refractivity contribution in [3.8, 4) is 5.88 Å². The number of amides is 1. The number of ether oxygens (including phenoxy) is 1. The standard InChI is InChI=1S/C19H20F3N3O2/c1-13-23-9-8-17(24-13)27-16-3-2-10-25(12-16)18(26)11-14-4-6-15(7-5-14)19(20,21)22/h4-9,16H,2-3,10-12H2,1H3. The molecule has 1 atom stereocenters. The van der Waals surface area contributed by atoms with Gasteiger partial charge in [-0.25, -0.2) is 4.98 Å². The number of carbonyl (C=O) groups excluding carboxylic acids is 1. The topological polar surface area (TPSA) is 55.3 Å². The van der Waals surface area contributed by atoms with E-state index in [1.807, 2.05) is 0 Å². The summed E-state index contributed by atoms with van der Waals surface area (Å²) in [5, 5.41) is 0. The normalized spacial score (nSPS) is 17.6. The summed E-state index contributed by atoms with van der Waals surface area (Å²) in [5.74, 6) is 0.963. The first-order valence-electron chi connectivity index (χ1n) is 8.71. The molecule has 1 unspecified atom stereocenters. The van der Waals surface area contributed by atoms with Crippen molar-refractivity contribution in [1.82, 2.24) is 14.9 Å². The van der Waals surface area contributed by atoms with Gasteiger partial charge in [0.15, 0.2) is 0 Å². The number of aromatic nitrogens is 2. The van der Waals surface area contributed by atoms with Crippen molar-refractivity contribution in [3.63, 3.8) is 0 Å². The van der Waals surface area contributed by atoms with Crippen molar-refractivity contribution in [2.45, 2.75) is 38.5 Å². The molecule has 1 saturated heterocycles. The molecule has 8 heteroatoms. The van der Waals surface area contributed by atoms with Gasteiger partial charge in [0.25, 0.3) is 0 Å². The van der Waals surface area contributed by atoms with E-state index in [1.54, 1.807) is 24.1 Å². The largest absolute Gasteiger partial charge is 0.472 e. The van der Waals surface area contributed by atoms with E-state index in [0.717, 1.165) is 25.0 Å². The van der Waals surface area contributed by atoms with E-state index in [0.29, 0.717) is 30.4 Å². The molecule has 1 aliphatic heterocycles. The highest BCUT2D eigenvalue weighted by Crippen LogP contribution is 2.29. The van der Waals surface area contributed by atoms with Crippen molar-refractivity contribution < 1.29 is 22.7 Å². The molecule has 27 heavy (non-hydrogen) atoms. The van der Waals surface area contributed by atoms with Crippen molar-refractivity contribution in [2.24, 2.45) is 0 Å². The number of aryl methyl sites for hydroxylation is 1. The molecule has 2 aromatic rings. The Balaban J connectivity index is 1.58. The fourth-order valence-corrected chi connectivity index (χ4v) is 3.03. The minimum absolute atomic E-state index is 0.0669. The van der Waals surface area contributed by atoms with Gasteiger partial charge in [-0.2, -0.15) is 18.2 Å². The van der Waals surface area contributed by atoms with Gasteiger partial charge in [0.2, 0.25) is 11.8 Å². The summed E-state index contributed by atoms with van der Waals surface area (Å²) in [6, 6.07) is 6.38. The van der Waals surface area contributed by atoms with Crippen LogP contribution in [0.2, 0.25) is 0 Å². The summed E-state index contributed by atoms with van der Waals surface area (Å²) >= 11 is 0. The van der Waals surface area contributed by atoms with Gasteiger partial charge in [-0.3, -0.25) is 4.79 Å². The molecule has 0 N–H and O–H groups in total. The Kier molecular flexibility index (Phi) is 5.62. The number of alkyl halides is 3. The van der Waals surface area contributed by atoms with Crippen LogP contribution in [0, 0.1) is 6.92 Å². The van der Waals surface area contributed by atoms with E-state index in [2.05, 4.69) is 9.97 Å². The summed E-state index contributed by atoms with van der Waals surface area (Å²) < 4.78 is 43.7. The Bertz CT molecular complexity index is 794. The van der Waals surface area contributed by atoms with Gasteiger partial charge in [-0.1, -0.05) is 12.1 Å². The highest BCUT2D eigenvalue weighted by atomic mass is 19.4. The number of piperidine rings is 1. The summed E-state index contributed by atoms with van der Waals surface area (Å²) in [6.07, 6.45) is -1.24. The third-order valence-corrected chi connectivity index (χ3v) is 4.41. The first kappa shape index (κ1) is 19.1. The lowest BCUT2D eigenvalue weighted by atomic mass is 10.1. The maximum absolute atomic E-state index is 12.6. The summed E-state index contributed by atoms with van der Waals surface area (Å²) in [7, 11) is 0. The fraction of sp³-hybridized carbons (Fsp3) is 0.421. The Morgan fingerprint density at radius 3 is 2.67 bits per heavy atom. The van der Waals surface area contributed by atoms with E-state index < -0.39 is 11.7 Å². The van der Waals surface area contributed by atoms with Crippen LogP contribution in [-0.2, 0) is 17.4 Å². The third kappa shape index (κ3) is 5.18. The fourth-order valence-electron chi connectivity index (χ4n) is 3.03. The average Bonchev–Trinajstić information content (AvgIpc) is 2.62. The predicted molar refractivity (Wildman–Crippen MR) is 92.1 cm³/mol. The number of hydrogen-bond acceptors (Lipinski definition) is 4. The quantitative estimate of drug-likeness (QED) is 0.817. The lowest BCUT2D eigenvalue weighted by Gasteiger charge is -2.32. The van der Waals surface area contributed by atoms with Gasteiger partial charge < -0.3 is 9.64 Å². The maximum atomic E-state index is 12.6. The zero-order chi connectivity index (χ0) is 19.4. The maximum Gasteiger partial charge on any atom is 0.416 e. The number of carbonyl (C=O) groups is 1. The van der Waals surface area contributed by atoms with Crippen LogP contribution in [0.25, 0.3) is 0 Å². The van der Waals surface area contributed by atoms with Crippen LogP contribution in [0.5, 0.6) is 5.88 Å². The molecule has 3 rings (SSSR count). The van der Waals surface area contributed by atoms with Crippen LogP contribution in [0.3, 0.4) is 0 Å². The van der Waals surface area contributed by atoms with E-state index in [1.165, 1.54) is 12.1 Å². The average molecular weight is 379 g/mol. The number of halogens is 3. The summed E-state index contributed by atoms with van der Waals surface area (Å²) in [4.78, 5) is 22.4. The van der Waals surface area contributed by atoms with Gasteiger partial charge >= 0.3 is 6.18 Å². The minimum Gasteiger partial charge on any atom is -0.472 e. The van der Waals surface area contributed by atoms with Crippen LogP contribution < -0.4 is 4.74 Å². The Morgan fingerprint density at radius 1 is 1.26 bits per heavy atom.